The van der Waals surface area contributed by atoms with Crippen LogP contribution in [-0.2, 0) is 10.0 Å². The van der Waals surface area contributed by atoms with Gasteiger partial charge in [0.25, 0.3) is 10.0 Å². The zero-order valence-corrected chi connectivity index (χ0v) is 12.5. The van der Waals surface area contributed by atoms with Crippen molar-refractivity contribution in [3.05, 3.63) is 46.6 Å². The van der Waals surface area contributed by atoms with Gasteiger partial charge in [-0.15, -0.1) is 0 Å². The molecule has 2 rings (SSSR count). The Kier molecular flexibility index (Phi) is 3.77. The Morgan fingerprint density at radius 3 is 2.63 bits per heavy atom. The van der Waals surface area contributed by atoms with Crippen LogP contribution in [0.3, 0.4) is 0 Å². The van der Waals surface area contributed by atoms with Crippen LogP contribution < -0.4 is 10.5 Å². The average Bonchev–Trinajstić information content (AvgIpc) is 2.32. The fourth-order valence-corrected chi connectivity index (χ4v) is 2.76. The summed E-state index contributed by atoms with van der Waals surface area (Å²) in [6, 6.07) is 7.89. The fraction of sp³-hybridized carbons (Fsp3) is 0.0833. The van der Waals surface area contributed by atoms with Gasteiger partial charge in [0.15, 0.2) is 0 Å². The standard InChI is InChI=1S/C12H12BrN3O2S/c1-8-4-5-15-12(6-8)16-19(17,18)9-2-3-10(13)11(14)7-9/h2-7H,14H2,1H3,(H,15,16). The summed E-state index contributed by atoms with van der Waals surface area (Å²) in [6.07, 6.45) is 1.54. The third kappa shape index (κ3) is 3.24. The Hall–Kier alpha value is -1.60. The topological polar surface area (TPSA) is 85.1 Å². The van der Waals surface area contributed by atoms with Crippen molar-refractivity contribution >= 4 is 37.5 Å². The monoisotopic (exact) mass is 341 g/mol. The van der Waals surface area contributed by atoms with Crippen LogP contribution in [0, 0.1) is 6.92 Å². The maximum absolute atomic E-state index is 12.2. The van der Waals surface area contributed by atoms with Crippen LogP contribution in [0.4, 0.5) is 11.5 Å². The van der Waals surface area contributed by atoms with Crippen LogP contribution in [0.25, 0.3) is 0 Å². The lowest BCUT2D eigenvalue weighted by Gasteiger charge is -2.08. The van der Waals surface area contributed by atoms with Crippen molar-refractivity contribution in [3.63, 3.8) is 0 Å². The molecule has 2 aromatic rings. The van der Waals surface area contributed by atoms with E-state index >= 15 is 0 Å². The SMILES string of the molecule is Cc1ccnc(NS(=O)(=O)c2ccc(Br)c(N)c2)c1. The molecule has 0 spiro atoms. The third-order valence-corrected chi connectivity index (χ3v) is 4.51. The Labute approximate surface area is 120 Å². The molecule has 19 heavy (non-hydrogen) atoms. The van der Waals surface area contributed by atoms with E-state index in [4.69, 9.17) is 5.73 Å². The Balaban J connectivity index is 2.35. The molecule has 0 amide bonds. The van der Waals surface area contributed by atoms with E-state index in [-0.39, 0.29) is 10.7 Å². The molecule has 0 saturated carbocycles. The van der Waals surface area contributed by atoms with Gasteiger partial charge in [-0.1, -0.05) is 0 Å². The summed E-state index contributed by atoms with van der Waals surface area (Å²) >= 11 is 3.22. The first-order valence-corrected chi connectivity index (χ1v) is 7.66. The highest BCUT2D eigenvalue weighted by Gasteiger charge is 2.15. The molecule has 0 aliphatic rings. The van der Waals surface area contributed by atoms with Crippen molar-refractivity contribution in [3.8, 4) is 0 Å². The van der Waals surface area contributed by atoms with Gasteiger partial charge >= 0.3 is 0 Å². The van der Waals surface area contributed by atoms with Crippen LogP contribution in [0.1, 0.15) is 5.56 Å². The largest absolute Gasteiger partial charge is 0.398 e. The molecule has 0 aliphatic heterocycles. The van der Waals surface area contributed by atoms with Gasteiger partial charge in [-0.25, -0.2) is 13.4 Å². The number of hydrogen-bond donors (Lipinski definition) is 2. The minimum atomic E-state index is -3.68. The van der Waals surface area contributed by atoms with E-state index in [2.05, 4.69) is 25.6 Å². The van der Waals surface area contributed by atoms with E-state index in [0.717, 1.165) is 5.56 Å². The number of nitrogens with one attached hydrogen (secondary N) is 1. The van der Waals surface area contributed by atoms with Crippen LogP contribution in [-0.4, -0.2) is 13.4 Å². The summed E-state index contributed by atoms with van der Waals surface area (Å²) < 4.78 is 27.4. The minimum absolute atomic E-state index is 0.0940. The van der Waals surface area contributed by atoms with Gasteiger partial charge in [0, 0.05) is 16.4 Å². The van der Waals surface area contributed by atoms with Crippen LogP contribution in [0.2, 0.25) is 0 Å². The number of anilines is 2. The predicted octanol–water partition coefficient (Wildman–Crippen LogP) is 2.54. The molecule has 1 aromatic heterocycles. The minimum Gasteiger partial charge on any atom is -0.398 e. The van der Waals surface area contributed by atoms with E-state index in [9.17, 15) is 8.42 Å². The molecule has 0 saturated heterocycles. The maximum atomic E-state index is 12.2. The number of nitrogens with two attached hydrogens (primary N) is 1. The van der Waals surface area contributed by atoms with Gasteiger partial charge in [0.05, 0.1) is 4.90 Å². The molecule has 0 radical (unpaired) electrons. The van der Waals surface area contributed by atoms with Crippen molar-refractivity contribution < 1.29 is 8.42 Å². The smallest absolute Gasteiger partial charge is 0.263 e. The quantitative estimate of drug-likeness (QED) is 0.840. The summed E-state index contributed by atoms with van der Waals surface area (Å²) in [5, 5.41) is 0. The van der Waals surface area contributed by atoms with Crippen molar-refractivity contribution in [1.82, 2.24) is 4.98 Å². The predicted molar refractivity (Wildman–Crippen MR) is 78.3 cm³/mol. The van der Waals surface area contributed by atoms with Crippen molar-refractivity contribution in [1.29, 1.82) is 0 Å². The number of aryl methyl sites for hydroxylation is 1. The molecule has 7 heteroatoms. The molecule has 5 nitrogen and oxygen atoms in total. The van der Waals surface area contributed by atoms with Crippen molar-refractivity contribution in [2.45, 2.75) is 11.8 Å². The lowest BCUT2D eigenvalue weighted by atomic mass is 10.3. The fourth-order valence-electron chi connectivity index (χ4n) is 1.48. The van der Waals surface area contributed by atoms with Crippen molar-refractivity contribution in [2.24, 2.45) is 0 Å². The number of pyridine rings is 1. The molecule has 0 bridgehead atoms. The molecular formula is C12H12BrN3O2S. The Morgan fingerprint density at radius 2 is 2.00 bits per heavy atom. The number of sulfonamides is 1. The maximum Gasteiger partial charge on any atom is 0.263 e. The van der Waals surface area contributed by atoms with Crippen LogP contribution in [0.15, 0.2) is 45.9 Å². The third-order valence-electron chi connectivity index (χ3n) is 2.43. The van der Waals surface area contributed by atoms with Gasteiger partial charge < -0.3 is 5.73 Å². The highest BCUT2D eigenvalue weighted by Crippen LogP contribution is 2.24. The molecular weight excluding hydrogens is 330 g/mol. The second-order valence-electron chi connectivity index (χ2n) is 4.01. The second kappa shape index (κ2) is 5.18. The number of hydrogen-bond acceptors (Lipinski definition) is 4. The van der Waals surface area contributed by atoms with Gasteiger partial charge in [-0.3, -0.25) is 4.72 Å². The first-order chi connectivity index (χ1) is 8.88. The number of aromatic nitrogens is 1. The Bertz CT molecular complexity index is 717. The van der Waals surface area contributed by atoms with Gasteiger partial charge in [0.1, 0.15) is 5.82 Å². The highest BCUT2D eigenvalue weighted by atomic mass is 79.9. The molecule has 0 atom stereocenters. The van der Waals surface area contributed by atoms with Crippen LogP contribution >= 0.6 is 15.9 Å². The number of benzene rings is 1. The molecule has 3 N–H and O–H groups in total. The first kappa shape index (κ1) is 13.8. The van der Waals surface area contributed by atoms with E-state index in [1.165, 1.54) is 12.1 Å². The zero-order valence-electron chi connectivity index (χ0n) is 10.1. The molecule has 0 aliphatic carbocycles. The first-order valence-electron chi connectivity index (χ1n) is 5.39. The van der Waals surface area contributed by atoms with Gasteiger partial charge in [-0.2, -0.15) is 0 Å². The van der Waals surface area contributed by atoms with E-state index < -0.39 is 10.0 Å². The number of halogens is 1. The van der Waals surface area contributed by atoms with Crippen LogP contribution in [0.5, 0.6) is 0 Å². The molecule has 100 valence electrons. The van der Waals surface area contributed by atoms with Gasteiger partial charge in [-0.05, 0) is 58.7 Å². The number of nitrogens with zero attached hydrogens (tertiary/aromatic N) is 1. The van der Waals surface area contributed by atoms with E-state index in [0.29, 0.717) is 10.2 Å². The van der Waals surface area contributed by atoms with E-state index in [1.54, 1.807) is 24.4 Å². The van der Waals surface area contributed by atoms with E-state index in [1.807, 2.05) is 6.92 Å². The second-order valence-corrected chi connectivity index (χ2v) is 6.54. The number of rotatable bonds is 3. The molecule has 1 aromatic carbocycles. The van der Waals surface area contributed by atoms with Gasteiger partial charge in [0.2, 0.25) is 0 Å². The van der Waals surface area contributed by atoms with Crippen molar-refractivity contribution in [2.75, 3.05) is 10.5 Å². The summed E-state index contributed by atoms with van der Waals surface area (Å²) in [6.45, 7) is 1.86. The molecule has 1 heterocycles. The molecule has 0 fully saturated rings. The normalized spacial score (nSPS) is 11.3. The zero-order chi connectivity index (χ0) is 14.0. The summed E-state index contributed by atoms with van der Waals surface area (Å²) in [5.74, 6) is 0.279. The summed E-state index contributed by atoms with van der Waals surface area (Å²) in [4.78, 5) is 4.05. The highest BCUT2D eigenvalue weighted by molar-refractivity contribution is 9.10. The summed E-state index contributed by atoms with van der Waals surface area (Å²) in [7, 11) is -3.68. The lowest BCUT2D eigenvalue weighted by molar-refractivity contribution is 0.601. The summed E-state index contributed by atoms with van der Waals surface area (Å²) in [5.41, 5.74) is 6.96. The average molecular weight is 342 g/mol. The Morgan fingerprint density at radius 1 is 1.26 bits per heavy atom. The lowest BCUT2D eigenvalue weighted by Crippen LogP contribution is -2.14. The molecule has 0 unspecified atom stereocenters. The number of nitrogen functional groups attached to an aromatic ring is 1.